The van der Waals surface area contributed by atoms with Crippen molar-refractivity contribution in [2.75, 3.05) is 16.5 Å². The molecule has 3 heterocycles. The maximum atomic E-state index is 7.25. The molecule has 1 aliphatic heterocycles. The summed E-state index contributed by atoms with van der Waals surface area (Å²) >= 11 is 0. The first-order valence-electron chi connectivity index (χ1n) is 28.0. The fourth-order valence-corrected chi connectivity index (χ4v) is 12.9. The zero-order valence-corrected chi connectivity index (χ0v) is 46.2. The van der Waals surface area contributed by atoms with Crippen molar-refractivity contribution in [3.05, 3.63) is 288 Å². The summed E-state index contributed by atoms with van der Waals surface area (Å²) in [4.78, 5) is 9.97. The number of fused-ring (bicyclic) bond motifs is 7. The van der Waals surface area contributed by atoms with E-state index in [-0.39, 0.29) is 10.8 Å². The largest absolute Gasteiger partial charge is 0.457 e. The molecule has 12 aromatic rings. The number of aromatic nitrogens is 2. The molecule has 1 aliphatic carbocycles. The van der Waals surface area contributed by atoms with E-state index in [1.165, 1.54) is 44.3 Å². The van der Waals surface area contributed by atoms with Crippen LogP contribution in [0.3, 0.4) is 0 Å². The molecular formula is C75H62N4O. The fourth-order valence-electron chi connectivity index (χ4n) is 12.9. The Morgan fingerprint density at radius 3 is 1.64 bits per heavy atom. The number of ether oxygens (including phenoxy) is 1. The lowest BCUT2D eigenvalue weighted by atomic mass is 9.66. The van der Waals surface area contributed by atoms with Crippen LogP contribution < -0.4 is 14.5 Å². The quantitative estimate of drug-likeness (QED) is 0.144. The van der Waals surface area contributed by atoms with E-state index in [2.05, 4.69) is 305 Å². The Kier molecular flexibility index (Phi) is 11.5. The Labute approximate surface area is 469 Å². The molecule has 0 atom stereocenters. The van der Waals surface area contributed by atoms with E-state index in [1.54, 1.807) is 0 Å². The van der Waals surface area contributed by atoms with Crippen LogP contribution in [0.25, 0.3) is 61.0 Å². The second-order valence-corrected chi connectivity index (χ2v) is 23.6. The Balaban J connectivity index is 0.936. The van der Waals surface area contributed by atoms with E-state index in [4.69, 9.17) is 9.72 Å². The molecule has 0 N–H and O–H groups in total. The zero-order chi connectivity index (χ0) is 54.3. The molecule has 0 bridgehead atoms. The van der Waals surface area contributed by atoms with Crippen LogP contribution in [0.4, 0.5) is 22.7 Å². The van der Waals surface area contributed by atoms with Crippen molar-refractivity contribution in [3.63, 3.8) is 0 Å². The molecule has 0 saturated carbocycles. The first kappa shape index (κ1) is 48.9. The van der Waals surface area contributed by atoms with Crippen molar-refractivity contribution < 1.29 is 4.74 Å². The van der Waals surface area contributed by atoms with Crippen molar-refractivity contribution in [1.82, 2.24) is 9.55 Å². The van der Waals surface area contributed by atoms with Gasteiger partial charge in [0, 0.05) is 51.5 Å². The number of nitrogens with zero attached hydrogens (tertiary/aromatic N) is 4. The van der Waals surface area contributed by atoms with Crippen LogP contribution in [0.1, 0.15) is 74.9 Å². The maximum Gasteiger partial charge on any atom is 0.137 e. The van der Waals surface area contributed by atoms with Gasteiger partial charge in [-0.25, -0.2) is 4.98 Å². The summed E-state index contributed by atoms with van der Waals surface area (Å²) in [6, 6.07) is 91.4. The predicted molar refractivity (Wildman–Crippen MR) is 333 cm³/mol. The third-order valence-electron chi connectivity index (χ3n) is 16.7. The molecule has 5 nitrogen and oxygen atoms in total. The summed E-state index contributed by atoms with van der Waals surface area (Å²) in [5.41, 5.74) is 20.3. The summed E-state index contributed by atoms with van der Waals surface area (Å²) in [7, 11) is 0. The lowest BCUT2D eigenvalue weighted by Gasteiger charge is -2.36. The molecule has 5 heteroatoms. The van der Waals surface area contributed by atoms with Gasteiger partial charge in [-0.2, -0.15) is 0 Å². The van der Waals surface area contributed by atoms with Gasteiger partial charge in [-0.3, -0.25) is 4.57 Å². The van der Waals surface area contributed by atoms with Crippen LogP contribution in [-0.4, -0.2) is 16.2 Å². The smallest absolute Gasteiger partial charge is 0.137 e. The van der Waals surface area contributed by atoms with Crippen LogP contribution in [0.15, 0.2) is 255 Å². The minimum Gasteiger partial charge on any atom is -0.457 e. The summed E-state index contributed by atoms with van der Waals surface area (Å²) in [6.07, 6.45) is 1.94. The second-order valence-electron chi connectivity index (χ2n) is 23.6. The molecule has 0 spiro atoms. The highest BCUT2D eigenvalue weighted by atomic mass is 16.5. The molecule has 0 saturated heterocycles. The van der Waals surface area contributed by atoms with Gasteiger partial charge in [0.1, 0.15) is 24.0 Å². The minimum atomic E-state index is -0.602. The van der Waals surface area contributed by atoms with Gasteiger partial charge in [0.2, 0.25) is 0 Å². The normalized spacial score (nSPS) is 13.6. The number of anilines is 4. The van der Waals surface area contributed by atoms with Crippen molar-refractivity contribution in [2.45, 2.75) is 57.8 Å². The van der Waals surface area contributed by atoms with Gasteiger partial charge >= 0.3 is 0 Å². The topological polar surface area (TPSA) is 33.5 Å². The number of rotatable bonds is 9. The SMILES string of the molecule is CC(C)(C)c1ccnc(-n2c3ccccc3c3ccc(Oc4cc(N5CN(c6c(-c7ccccc7)cc(C7(c8ccccc8)c8ccccc8-c8ccccc87)cc6-c6ccccc6)c6ccccc65)ccc4C(C)(C)C)cc32)c1. The van der Waals surface area contributed by atoms with Crippen molar-refractivity contribution >= 4 is 44.6 Å². The molecule has 0 radical (unpaired) electrons. The van der Waals surface area contributed by atoms with E-state index in [0.717, 1.165) is 84.3 Å². The van der Waals surface area contributed by atoms with Gasteiger partial charge in [-0.15, -0.1) is 0 Å². The predicted octanol–water partition coefficient (Wildman–Crippen LogP) is 19.5. The Bertz CT molecular complexity index is 4230. The van der Waals surface area contributed by atoms with Gasteiger partial charge in [0.15, 0.2) is 0 Å². The van der Waals surface area contributed by atoms with E-state index in [0.29, 0.717) is 6.67 Å². The first-order valence-corrected chi connectivity index (χ1v) is 28.0. The number of para-hydroxylation sites is 3. The molecule has 0 fully saturated rings. The van der Waals surface area contributed by atoms with E-state index < -0.39 is 5.41 Å². The fraction of sp³-hybridized carbons (Fsp3) is 0.133. The number of hydrogen-bond donors (Lipinski definition) is 0. The van der Waals surface area contributed by atoms with Crippen molar-refractivity contribution in [3.8, 4) is 50.7 Å². The molecule has 0 unspecified atom stereocenters. The third kappa shape index (κ3) is 7.93. The third-order valence-corrected chi connectivity index (χ3v) is 16.7. The molecule has 388 valence electrons. The van der Waals surface area contributed by atoms with Crippen LogP contribution in [-0.2, 0) is 16.2 Å². The molecule has 2 aliphatic rings. The zero-order valence-electron chi connectivity index (χ0n) is 46.2. The summed E-state index contributed by atoms with van der Waals surface area (Å²) in [5, 5.41) is 2.33. The van der Waals surface area contributed by atoms with Gasteiger partial charge < -0.3 is 14.5 Å². The average molecular weight is 1040 g/mol. The summed E-state index contributed by atoms with van der Waals surface area (Å²) in [5.74, 6) is 2.48. The van der Waals surface area contributed by atoms with Gasteiger partial charge in [-0.1, -0.05) is 217 Å². The Hall–Kier alpha value is -9.45. The number of benzene rings is 10. The molecule has 10 aromatic carbocycles. The molecule has 14 rings (SSSR count). The highest BCUT2D eigenvalue weighted by Crippen LogP contribution is 2.59. The average Bonchev–Trinajstić information content (AvgIpc) is 4.23. The van der Waals surface area contributed by atoms with Crippen molar-refractivity contribution in [2.24, 2.45) is 0 Å². The molecule has 80 heavy (non-hydrogen) atoms. The van der Waals surface area contributed by atoms with Gasteiger partial charge in [0.05, 0.1) is 33.5 Å². The lowest BCUT2D eigenvalue weighted by molar-refractivity contribution is 0.456. The van der Waals surface area contributed by atoms with E-state index in [9.17, 15) is 0 Å². The second kappa shape index (κ2) is 18.9. The monoisotopic (exact) mass is 1030 g/mol. The maximum absolute atomic E-state index is 7.25. The van der Waals surface area contributed by atoms with Crippen molar-refractivity contribution in [1.29, 1.82) is 0 Å². The van der Waals surface area contributed by atoms with Crippen LogP contribution in [0.5, 0.6) is 11.5 Å². The van der Waals surface area contributed by atoms with Gasteiger partial charge in [-0.05, 0) is 122 Å². The first-order chi connectivity index (χ1) is 38.9. The van der Waals surface area contributed by atoms with Gasteiger partial charge in [0.25, 0.3) is 0 Å². The molecule has 2 aromatic heterocycles. The van der Waals surface area contributed by atoms with E-state index >= 15 is 0 Å². The van der Waals surface area contributed by atoms with Crippen LogP contribution >= 0.6 is 0 Å². The highest BCUT2D eigenvalue weighted by Gasteiger charge is 2.47. The van der Waals surface area contributed by atoms with Crippen LogP contribution in [0.2, 0.25) is 0 Å². The van der Waals surface area contributed by atoms with Crippen LogP contribution in [0, 0.1) is 0 Å². The minimum absolute atomic E-state index is 0.0347. The molecule has 0 amide bonds. The standard InChI is InChI=1S/C75H62N4O/c1-73(2,3)53-42-43-76-71(46-53)79-66-35-21-18-32-59(66)60-40-39-56(48-69(60)79)80-70-47-55(38-41-65(70)74(4,5)6)77-49-78(68-37-23-22-36-67(68)77)72-61(50-24-10-7-11-25-50)44-54(45-62(72)51-26-12-8-13-27-51)75(52-28-14-9-15-29-52)63-33-19-16-30-57(63)58-31-17-20-34-64(58)75/h7-48H,49H2,1-6H3. The molecular weight excluding hydrogens is 973 g/mol. The number of pyridine rings is 1. The highest BCUT2D eigenvalue weighted by molar-refractivity contribution is 6.09. The summed E-state index contributed by atoms with van der Waals surface area (Å²) < 4.78 is 9.53. The Morgan fingerprint density at radius 2 is 1.00 bits per heavy atom. The summed E-state index contributed by atoms with van der Waals surface area (Å²) in [6.45, 7) is 14.1. The van der Waals surface area contributed by atoms with E-state index in [1.807, 2.05) is 6.20 Å². The number of hydrogen-bond acceptors (Lipinski definition) is 4. The Morgan fingerprint density at radius 1 is 0.438 bits per heavy atom. The lowest BCUT2D eigenvalue weighted by Crippen LogP contribution is -2.29.